The number of nitrogens with zero attached hydrogens (tertiary/aromatic N) is 2. The maximum atomic E-state index is 13.5. The van der Waals surface area contributed by atoms with Crippen LogP contribution in [0.15, 0.2) is 16.9 Å². The molecule has 0 spiro atoms. The number of hydrogen-bond donors (Lipinski definition) is 2. The fourth-order valence-electron chi connectivity index (χ4n) is 1.52. The molecule has 2 aromatic rings. The smallest absolute Gasteiger partial charge is 0.217 e. The SMILES string of the molecule is OCCC(Oc1ccc(F)c(F)c1F)c1nc(Br)n[nH]1. The van der Waals surface area contributed by atoms with Crippen LogP contribution in [-0.2, 0) is 0 Å². The van der Waals surface area contributed by atoms with E-state index in [1.54, 1.807) is 0 Å². The monoisotopic (exact) mass is 351 g/mol. The molecule has 5 nitrogen and oxygen atoms in total. The number of ether oxygens (including phenoxy) is 1. The van der Waals surface area contributed by atoms with E-state index in [1.165, 1.54) is 0 Å². The number of rotatable bonds is 5. The molecule has 0 aliphatic rings. The fourth-order valence-corrected chi connectivity index (χ4v) is 1.80. The molecule has 0 amide bonds. The highest BCUT2D eigenvalue weighted by Crippen LogP contribution is 2.27. The van der Waals surface area contributed by atoms with Crippen molar-refractivity contribution in [2.24, 2.45) is 0 Å². The van der Waals surface area contributed by atoms with Gasteiger partial charge >= 0.3 is 0 Å². The molecule has 0 fully saturated rings. The van der Waals surface area contributed by atoms with Gasteiger partial charge in [0.25, 0.3) is 0 Å². The largest absolute Gasteiger partial charge is 0.479 e. The highest BCUT2D eigenvalue weighted by molar-refractivity contribution is 9.10. The molecule has 0 radical (unpaired) electrons. The predicted octanol–water partition coefficient (Wildman–Crippen LogP) is 2.49. The Bertz CT molecular complexity index is 609. The molecule has 0 saturated heterocycles. The first-order chi connectivity index (χ1) is 9.52. The number of H-pyrrole nitrogens is 1. The van der Waals surface area contributed by atoms with Crippen molar-refractivity contribution in [2.45, 2.75) is 12.5 Å². The summed E-state index contributed by atoms with van der Waals surface area (Å²) in [4.78, 5) is 3.92. The Hall–Kier alpha value is -1.61. The molecule has 1 heterocycles. The second-order valence-electron chi connectivity index (χ2n) is 3.78. The lowest BCUT2D eigenvalue weighted by Crippen LogP contribution is -2.13. The minimum absolute atomic E-state index is 0.0695. The van der Waals surface area contributed by atoms with Gasteiger partial charge in [-0.3, -0.25) is 5.10 Å². The van der Waals surface area contributed by atoms with E-state index in [9.17, 15) is 13.2 Å². The second kappa shape index (κ2) is 6.23. The second-order valence-corrected chi connectivity index (χ2v) is 4.49. The summed E-state index contributed by atoms with van der Waals surface area (Å²) in [6.07, 6.45) is -0.807. The summed E-state index contributed by atoms with van der Waals surface area (Å²) in [5.74, 6) is -4.63. The molecule has 0 aliphatic carbocycles. The Kier molecular flexibility index (Phi) is 4.61. The van der Waals surface area contributed by atoms with E-state index in [2.05, 4.69) is 31.1 Å². The Balaban J connectivity index is 2.27. The first-order valence-corrected chi connectivity index (χ1v) is 6.31. The van der Waals surface area contributed by atoms with E-state index in [1.807, 2.05) is 0 Å². The van der Waals surface area contributed by atoms with Crippen LogP contribution in [0.2, 0.25) is 0 Å². The number of aromatic nitrogens is 3. The van der Waals surface area contributed by atoms with E-state index in [0.29, 0.717) is 0 Å². The minimum atomic E-state index is -1.62. The molecule has 1 aromatic heterocycles. The van der Waals surface area contributed by atoms with Gasteiger partial charge in [-0.05, 0) is 28.1 Å². The third-order valence-electron chi connectivity index (χ3n) is 2.44. The zero-order valence-electron chi connectivity index (χ0n) is 9.91. The maximum absolute atomic E-state index is 13.5. The summed E-state index contributed by atoms with van der Waals surface area (Å²) in [5, 5.41) is 15.2. The zero-order valence-corrected chi connectivity index (χ0v) is 11.5. The molecule has 9 heteroatoms. The lowest BCUT2D eigenvalue weighted by molar-refractivity contribution is 0.141. The first kappa shape index (κ1) is 14.8. The molecule has 0 bridgehead atoms. The number of halogens is 4. The van der Waals surface area contributed by atoms with Crippen molar-refractivity contribution < 1.29 is 23.0 Å². The molecule has 1 unspecified atom stereocenters. The van der Waals surface area contributed by atoms with E-state index in [-0.39, 0.29) is 23.6 Å². The highest BCUT2D eigenvalue weighted by Gasteiger charge is 2.21. The first-order valence-electron chi connectivity index (χ1n) is 5.51. The Morgan fingerprint density at radius 2 is 2.05 bits per heavy atom. The summed E-state index contributed by atoms with van der Waals surface area (Å²) in [6, 6.07) is 1.71. The van der Waals surface area contributed by atoms with Crippen LogP contribution in [0.3, 0.4) is 0 Å². The average Bonchev–Trinajstić information content (AvgIpc) is 2.85. The van der Waals surface area contributed by atoms with Crippen LogP contribution in [0.1, 0.15) is 18.3 Å². The maximum Gasteiger partial charge on any atom is 0.217 e. The number of benzene rings is 1. The van der Waals surface area contributed by atoms with Gasteiger partial charge in [0.15, 0.2) is 29.3 Å². The number of aliphatic hydroxyl groups is 1. The third kappa shape index (κ3) is 3.10. The van der Waals surface area contributed by atoms with Gasteiger partial charge in [-0.2, -0.15) is 4.39 Å². The lowest BCUT2D eigenvalue weighted by Gasteiger charge is -2.16. The molecule has 0 saturated carbocycles. The van der Waals surface area contributed by atoms with Crippen LogP contribution in [0.4, 0.5) is 13.2 Å². The standard InChI is InChI=1S/C11H9BrF3N3O2/c12-11-16-10(17-18-11)7(3-4-19)20-6-2-1-5(13)8(14)9(6)15/h1-2,7,19H,3-4H2,(H,16,17,18). The van der Waals surface area contributed by atoms with Crippen molar-refractivity contribution in [3.8, 4) is 5.75 Å². The zero-order chi connectivity index (χ0) is 14.7. The molecule has 2 N–H and O–H groups in total. The average molecular weight is 352 g/mol. The van der Waals surface area contributed by atoms with Gasteiger partial charge in [-0.25, -0.2) is 13.8 Å². The lowest BCUT2D eigenvalue weighted by atomic mass is 10.2. The number of hydrogen-bond acceptors (Lipinski definition) is 4. The quantitative estimate of drug-likeness (QED) is 0.812. The van der Waals surface area contributed by atoms with E-state index >= 15 is 0 Å². The summed E-state index contributed by atoms with van der Waals surface area (Å²) >= 11 is 3.02. The molecule has 20 heavy (non-hydrogen) atoms. The Labute approximate surface area is 119 Å². The van der Waals surface area contributed by atoms with Crippen LogP contribution >= 0.6 is 15.9 Å². The van der Waals surface area contributed by atoms with Crippen molar-refractivity contribution in [3.63, 3.8) is 0 Å². The van der Waals surface area contributed by atoms with Crippen molar-refractivity contribution in [1.29, 1.82) is 0 Å². The molecule has 1 atom stereocenters. The molecule has 0 aliphatic heterocycles. The van der Waals surface area contributed by atoms with Crippen molar-refractivity contribution in [2.75, 3.05) is 6.61 Å². The Morgan fingerprint density at radius 3 is 2.65 bits per heavy atom. The molecule has 2 rings (SSSR count). The van der Waals surface area contributed by atoms with Gasteiger partial charge in [0.2, 0.25) is 10.6 Å². The van der Waals surface area contributed by atoms with Crippen molar-refractivity contribution in [3.05, 3.63) is 40.1 Å². The predicted molar refractivity (Wildman–Crippen MR) is 65.5 cm³/mol. The summed E-state index contributed by atoms with van der Waals surface area (Å²) in [6.45, 7) is -0.270. The summed E-state index contributed by atoms with van der Waals surface area (Å²) in [5.41, 5.74) is 0. The van der Waals surface area contributed by atoms with Gasteiger partial charge in [0.05, 0.1) is 0 Å². The van der Waals surface area contributed by atoms with E-state index < -0.39 is 29.3 Å². The third-order valence-corrected chi connectivity index (χ3v) is 2.80. The number of nitrogens with one attached hydrogen (secondary N) is 1. The van der Waals surface area contributed by atoms with E-state index in [0.717, 1.165) is 12.1 Å². The normalized spacial score (nSPS) is 12.4. The Morgan fingerprint density at radius 1 is 1.30 bits per heavy atom. The molecule has 1 aromatic carbocycles. The van der Waals surface area contributed by atoms with Gasteiger partial charge < -0.3 is 9.84 Å². The highest BCUT2D eigenvalue weighted by atomic mass is 79.9. The van der Waals surface area contributed by atoms with Crippen LogP contribution in [0.25, 0.3) is 0 Å². The van der Waals surface area contributed by atoms with Crippen molar-refractivity contribution >= 4 is 15.9 Å². The minimum Gasteiger partial charge on any atom is -0.479 e. The van der Waals surface area contributed by atoms with Crippen LogP contribution in [0.5, 0.6) is 5.75 Å². The van der Waals surface area contributed by atoms with Crippen LogP contribution in [-0.4, -0.2) is 26.9 Å². The molecule has 108 valence electrons. The topological polar surface area (TPSA) is 71.0 Å². The summed E-state index contributed by atoms with van der Waals surface area (Å²) in [7, 11) is 0. The number of aromatic amines is 1. The van der Waals surface area contributed by atoms with Gasteiger partial charge in [0, 0.05) is 13.0 Å². The number of aliphatic hydroxyl groups excluding tert-OH is 1. The van der Waals surface area contributed by atoms with Crippen LogP contribution in [0, 0.1) is 17.5 Å². The van der Waals surface area contributed by atoms with Gasteiger partial charge in [-0.1, -0.05) is 0 Å². The van der Waals surface area contributed by atoms with Crippen molar-refractivity contribution in [1.82, 2.24) is 15.2 Å². The fraction of sp³-hybridized carbons (Fsp3) is 0.273. The molecular weight excluding hydrogens is 343 g/mol. The molecular formula is C11H9BrF3N3O2. The van der Waals surface area contributed by atoms with Gasteiger partial charge in [-0.15, -0.1) is 5.10 Å². The summed E-state index contributed by atoms with van der Waals surface area (Å²) < 4.78 is 44.9. The van der Waals surface area contributed by atoms with Crippen LogP contribution < -0.4 is 4.74 Å². The van der Waals surface area contributed by atoms with E-state index in [4.69, 9.17) is 9.84 Å². The van der Waals surface area contributed by atoms with Gasteiger partial charge in [0.1, 0.15) is 0 Å².